The summed E-state index contributed by atoms with van der Waals surface area (Å²) >= 11 is 0. The maximum Gasteiger partial charge on any atom is 0.258 e. The summed E-state index contributed by atoms with van der Waals surface area (Å²) in [6, 6.07) is 22.4. The first-order valence-electron chi connectivity index (χ1n) is 9.70. The van der Waals surface area contributed by atoms with E-state index < -0.39 is 0 Å². The van der Waals surface area contributed by atoms with Gasteiger partial charge in [0.2, 0.25) is 0 Å². The summed E-state index contributed by atoms with van der Waals surface area (Å²) < 4.78 is 0. The van der Waals surface area contributed by atoms with Crippen LogP contribution in [0.25, 0.3) is 10.8 Å². The molecule has 0 bridgehead atoms. The molecule has 0 spiro atoms. The fourth-order valence-electron chi connectivity index (χ4n) is 3.48. The second kappa shape index (κ2) is 8.43. The van der Waals surface area contributed by atoms with Gasteiger partial charge in [-0.25, -0.2) is 16.3 Å². The van der Waals surface area contributed by atoms with Gasteiger partial charge in [0.25, 0.3) is 5.91 Å². The van der Waals surface area contributed by atoms with Crippen molar-refractivity contribution in [3.8, 4) is 0 Å². The fourth-order valence-corrected chi connectivity index (χ4v) is 3.48. The molecule has 1 heterocycles. The van der Waals surface area contributed by atoms with Crippen molar-refractivity contribution in [3.05, 3.63) is 77.9 Å². The number of benzene rings is 3. The largest absolute Gasteiger partial charge is 0.378 e. The molecular weight excluding hydrogens is 362 g/mol. The first-order chi connectivity index (χ1) is 14.1. The molecule has 1 amide bonds. The standard InChI is InChI=1S/C23H25N5O/c1-28(2)20-11-7-16(8-12-20)15-24-27-23(29)22-14-21(25-26-22)19-10-9-17-5-3-4-6-18(17)13-19/h3-13,15,21-22,25-26H,14H2,1-2H3,(H,27,29)/b24-15+. The van der Waals surface area contributed by atoms with Gasteiger partial charge in [-0.3, -0.25) is 4.79 Å². The number of hydrazone groups is 1. The van der Waals surface area contributed by atoms with Gasteiger partial charge in [0, 0.05) is 25.8 Å². The molecule has 29 heavy (non-hydrogen) atoms. The fraction of sp³-hybridized carbons (Fsp3) is 0.217. The van der Waals surface area contributed by atoms with Crippen LogP contribution in [0.2, 0.25) is 0 Å². The maximum atomic E-state index is 12.4. The first-order valence-corrected chi connectivity index (χ1v) is 9.70. The molecular formula is C23H25N5O. The number of carbonyl (C=O) groups excluding carboxylic acids is 1. The number of carbonyl (C=O) groups is 1. The lowest BCUT2D eigenvalue weighted by Crippen LogP contribution is -2.41. The summed E-state index contributed by atoms with van der Waals surface area (Å²) in [5.74, 6) is -0.151. The highest BCUT2D eigenvalue weighted by molar-refractivity contribution is 5.86. The molecule has 4 rings (SSSR count). The number of fused-ring (bicyclic) bond motifs is 1. The van der Waals surface area contributed by atoms with Crippen LogP contribution < -0.4 is 21.2 Å². The van der Waals surface area contributed by atoms with Gasteiger partial charge in [0.1, 0.15) is 6.04 Å². The lowest BCUT2D eigenvalue weighted by molar-refractivity contribution is -0.122. The van der Waals surface area contributed by atoms with Gasteiger partial charge < -0.3 is 4.90 Å². The lowest BCUT2D eigenvalue weighted by atomic mass is 9.99. The van der Waals surface area contributed by atoms with E-state index in [0.717, 1.165) is 16.8 Å². The number of nitrogens with zero attached hydrogens (tertiary/aromatic N) is 2. The van der Waals surface area contributed by atoms with E-state index in [2.05, 4.69) is 51.7 Å². The van der Waals surface area contributed by atoms with Crippen molar-refractivity contribution in [1.82, 2.24) is 16.3 Å². The molecule has 1 fully saturated rings. The minimum absolute atomic E-state index is 0.0814. The molecule has 3 aromatic rings. The Morgan fingerprint density at radius 2 is 1.79 bits per heavy atom. The molecule has 0 aromatic heterocycles. The van der Waals surface area contributed by atoms with E-state index in [4.69, 9.17) is 0 Å². The second-order valence-corrected chi connectivity index (χ2v) is 7.46. The number of hydrogen-bond acceptors (Lipinski definition) is 5. The smallest absolute Gasteiger partial charge is 0.258 e. The van der Waals surface area contributed by atoms with Crippen LogP contribution in [-0.4, -0.2) is 32.3 Å². The molecule has 0 aliphatic carbocycles. The van der Waals surface area contributed by atoms with E-state index in [9.17, 15) is 4.79 Å². The molecule has 1 aliphatic rings. The number of hydrazine groups is 1. The predicted octanol–water partition coefficient (Wildman–Crippen LogP) is 2.96. The predicted molar refractivity (Wildman–Crippen MR) is 118 cm³/mol. The Morgan fingerprint density at radius 1 is 1.03 bits per heavy atom. The topological polar surface area (TPSA) is 68.8 Å². The zero-order valence-electron chi connectivity index (χ0n) is 16.6. The Hall–Kier alpha value is -3.22. The molecule has 6 heteroatoms. The Morgan fingerprint density at radius 3 is 2.55 bits per heavy atom. The molecule has 1 saturated heterocycles. The van der Waals surface area contributed by atoms with Gasteiger partial charge in [-0.1, -0.05) is 48.5 Å². The van der Waals surface area contributed by atoms with E-state index in [1.807, 2.05) is 55.4 Å². The van der Waals surface area contributed by atoms with Crippen LogP contribution in [0.1, 0.15) is 23.6 Å². The quantitative estimate of drug-likeness (QED) is 0.465. The van der Waals surface area contributed by atoms with Crippen molar-refractivity contribution in [2.24, 2.45) is 5.10 Å². The normalized spacial score (nSPS) is 19.0. The number of rotatable bonds is 5. The van der Waals surface area contributed by atoms with Crippen molar-refractivity contribution in [1.29, 1.82) is 0 Å². The zero-order chi connectivity index (χ0) is 20.2. The van der Waals surface area contributed by atoms with Gasteiger partial charge in [-0.05, 0) is 46.5 Å². The van der Waals surface area contributed by atoms with Crippen molar-refractivity contribution in [2.45, 2.75) is 18.5 Å². The van der Waals surface area contributed by atoms with Gasteiger partial charge in [0.05, 0.1) is 6.21 Å². The van der Waals surface area contributed by atoms with E-state index in [1.165, 1.54) is 10.8 Å². The average molecular weight is 387 g/mol. The van der Waals surface area contributed by atoms with Crippen LogP contribution in [0.4, 0.5) is 5.69 Å². The molecule has 3 N–H and O–H groups in total. The SMILES string of the molecule is CN(C)c1ccc(/C=N/NC(=O)C2CC(c3ccc4ccccc4c3)NN2)cc1. The van der Waals surface area contributed by atoms with Gasteiger partial charge in [0.15, 0.2) is 0 Å². The summed E-state index contributed by atoms with van der Waals surface area (Å²) in [6.45, 7) is 0. The molecule has 3 aromatic carbocycles. The summed E-state index contributed by atoms with van der Waals surface area (Å²) in [4.78, 5) is 14.5. The van der Waals surface area contributed by atoms with Crippen LogP contribution in [0.3, 0.4) is 0 Å². The molecule has 148 valence electrons. The van der Waals surface area contributed by atoms with Crippen LogP contribution in [0.5, 0.6) is 0 Å². The summed E-state index contributed by atoms with van der Waals surface area (Å²) in [5, 5.41) is 6.50. The Bertz CT molecular complexity index is 1030. The monoisotopic (exact) mass is 387 g/mol. The zero-order valence-corrected chi connectivity index (χ0v) is 16.6. The highest BCUT2D eigenvalue weighted by Crippen LogP contribution is 2.25. The lowest BCUT2D eigenvalue weighted by Gasteiger charge is -2.11. The highest BCUT2D eigenvalue weighted by Gasteiger charge is 2.30. The summed E-state index contributed by atoms with van der Waals surface area (Å²) in [5.41, 5.74) is 12.1. The van der Waals surface area contributed by atoms with Crippen LogP contribution in [-0.2, 0) is 4.79 Å². The number of anilines is 1. The van der Waals surface area contributed by atoms with E-state index in [0.29, 0.717) is 6.42 Å². The molecule has 2 atom stereocenters. The molecule has 6 nitrogen and oxygen atoms in total. The Labute approximate surface area is 170 Å². The summed E-state index contributed by atoms with van der Waals surface area (Å²) in [7, 11) is 3.99. The number of nitrogens with one attached hydrogen (secondary N) is 3. The van der Waals surface area contributed by atoms with Crippen molar-refractivity contribution < 1.29 is 4.79 Å². The molecule has 1 aliphatic heterocycles. The molecule has 0 radical (unpaired) electrons. The second-order valence-electron chi connectivity index (χ2n) is 7.46. The average Bonchev–Trinajstić information content (AvgIpc) is 3.24. The minimum Gasteiger partial charge on any atom is -0.378 e. The highest BCUT2D eigenvalue weighted by atomic mass is 16.2. The van der Waals surface area contributed by atoms with Crippen molar-refractivity contribution in [3.63, 3.8) is 0 Å². The van der Waals surface area contributed by atoms with E-state index in [-0.39, 0.29) is 18.0 Å². The number of hydrogen-bond donors (Lipinski definition) is 3. The first kappa shape index (κ1) is 19.1. The third-order valence-corrected chi connectivity index (χ3v) is 5.19. The van der Waals surface area contributed by atoms with E-state index >= 15 is 0 Å². The van der Waals surface area contributed by atoms with Crippen LogP contribution in [0.15, 0.2) is 71.8 Å². The Kier molecular flexibility index (Phi) is 5.55. The van der Waals surface area contributed by atoms with Crippen LogP contribution in [0, 0.1) is 0 Å². The van der Waals surface area contributed by atoms with Crippen LogP contribution >= 0.6 is 0 Å². The third-order valence-electron chi connectivity index (χ3n) is 5.19. The number of amides is 1. The van der Waals surface area contributed by atoms with E-state index in [1.54, 1.807) is 6.21 Å². The maximum absolute atomic E-state index is 12.4. The molecule has 2 unspecified atom stereocenters. The third kappa shape index (κ3) is 4.45. The minimum atomic E-state index is -0.334. The Balaban J connectivity index is 1.34. The van der Waals surface area contributed by atoms with Gasteiger partial charge >= 0.3 is 0 Å². The van der Waals surface area contributed by atoms with Gasteiger partial charge in [-0.15, -0.1) is 0 Å². The van der Waals surface area contributed by atoms with Crippen molar-refractivity contribution >= 4 is 28.6 Å². The molecule has 0 saturated carbocycles. The van der Waals surface area contributed by atoms with Gasteiger partial charge in [-0.2, -0.15) is 5.10 Å². The summed E-state index contributed by atoms with van der Waals surface area (Å²) in [6.07, 6.45) is 2.32. The van der Waals surface area contributed by atoms with Crippen molar-refractivity contribution in [2.75, 3.05) is 19.0 Å².